The average molecular weight is 383 g/mol. The van der Waals surface area contributed by atoms with E-state index in [4.69, 9.17) is 4.42 Å². The zero-order chi connectivity index (χ0) is 19.5. The van der Waals surface area contributed by atoms with Crippen LogP contribution >= 0.6 is 0 Å². The number of nitrogens with zero attached hydrogens (tertiary/aromatic N) is 3. The van der Waals surface area contributed by atoms with Crippen molar-refractivity contribution in [3.63, 3.8) is 0 Å². The first-order valence-electron chi connectivity index (χ1n) is 9.24. The van der Waals surface area contributed by atoms with Crippen LogP contribution in [0.15, 0.2) is 53.1 Å². The molecule has 3 aromatic rings. The zero-order valence-electron chi connectivity index (χ0n) is 15.6. The lowest BCUT2D eigenvalue weighted by Gasteiger charge is -2.34. The number of carbonyl (C=O) groups excluding carboxylic acids is 1. The molecule has 7 nitrogen and oxygen atoms in total. The highest BCUT2D eigenvalue weighted by Gasteiger charge is 2.22. The first-order chi connectivity index (χ1) is 13.6. The minimum absolute atomic E-state index is 0.0187. The maximum Gasteiger partial charge on any atom is 0.320 e. The van der Waals surface area contributed by atoms with Gasteiger partial charge in [0.25, 0.3) is 0 Å². The molecule has 8 heteroatoms. The van der Waals surface area contributed by atoms with Crippen LogP contribution in [0.1, 0.15) is 12.8 Å². The van der Waals surface area contributed by atoms with Gasteiger partial charge in [0.15, 0.2) is 5.76 Å². The number of amides is 2. The monoisotopic (exact) mass is 383 g/mol. The van der Waals surface area contributed by atoms with E-state index in [1.807, 2.05) is 12.1 Å². The van der Waals surface area contributed by atoms with E-state index in [1.54, 1.807) is 36.2 Å². The molecule has 1 saturated heterocycles. The van der Waals surface area contributed by atoms with E-state index in [2.05, 4.69) is 20.6 Å². The van der Waals surface area contributed by atoms with Gasteiger partial charge < -0.3 is 14.6 Å². The highest BCUT2D eigenvalue weighted by atomic mass is 19.1. The van der Waals surface area contributed by atoms with Crippen molar-refractivity contribution < 1.29 is 13.6 Å². The van der Waals surface area contributed by atoms with Gasteiger partial charge in [-0.2, -0.15) is 5.10 Å². The Balaban J connectivity index is 1.37. The molecule has 28 heavy (non-hydrogen) atoms. The summed E-state index contributed by atoms with van der Waals surface area (Å²) in [4.78, 5) is 14.6. The lowest BCUT2D eigenvalue weighted by Crippen LogP contribution is -2.49. The lowest BCUT2D eigenvalue weighted by molar-refractivity contribution is 0.246. The summed E-state index contributed by atoms with van der Waals surface area (Å²) in [5.74, 6) is 0.956. The molecule has 2 amide bonds. The fourth-order valence-corrected chi connectivity index (χ4v) is 3.47. The summed E-state index contributed by atoms with van der Waals surface area (Å²) >= 11 is 0. The number of furan rings is 1. The predicted octanol–water partition coefficient (Wildman–Crippen LogP) is 3.61. The fraction of sp³-hybridized carbons (Fsp3) is 0.300. The Bertz CT molecular complexity index is 953. The Morgan fingerprint density at radius 1 is 1.29 bits per heavy atom. The summed E-state index contributed by atoms with van der Waals surface area (Å²) in [6.07, 6.45) is 3.38. The molecule has 3 heterocycles. The van der Waals surface area contributed by atoms with Crippen LogP contribution in [-0.2, 0) is 7.05 Å². The van der Waals surface area contributed by atoms with Crippen molar-refractivity contribution in [1.29, 1.82) is 0 Å². The number of piperidine rings is 1. The molecule has 0 radical (unpaired) electrons. The second-order valence-electron chi connectivity index (χ2n) is 6.88. The van der Waals surface area contributed by atoms with E-state index in [0.29, 0.717) is 23.8 Å². The summed E-state index contributed by atoms with van der Waals surface area (Å²) in [7, 11) is 1.76. The van der Waals surface area contributed by atoms with Gasteiger partial charge in [-0.25, -0.2) is 9.18 Å². The van der Waals surface area contributed by atoms with Gasteiger partial charge in [-0.1, -0.05) is 6.07 Å². The van der Waals surface area contributed by atoms with Crippen molar-refractivity contribution in [3.05, 3.63) is 54.5 Å². The summed E-state index contributed by atoms with van der Waals surface area (Å²) in [6.45, 7) is 1.48. The van der Waals surface area contributed by atoms with Crippen LogP contribution in [0, 0.1) is 5.82 Å². The van der Waals surface area contributed by atoms with Crippen LogP contribution in [0.25, 0.3) is 11.5 Å². The van der Waals surface area contributed by atoms with Gasteiger partial charge in [-0.3, -0.25) is 10.00 Å². The molecule has 2 aromatic heterocycles. The Kier molecular flexibility index (Phi) is 5.01. The molecule has 1 atom stereocenters. The normalized spacial score (nSPS) is 16.8. The first-order valence-corrected chi connectivity index (χ1v) is 9.24. The lowest BCUT2D eigenvalue weighted by atomic mass is 10.1. The standard InChI is InChI=1S/C20H22FN5O2/c1-25-19(12-17(24-25)18-8-4-10-28-18)23-20(27)22-15-6-3-9-26(13-15)16-7-2-5-14(21)11-16/h2,4-5,7-8,10-12,15H,3,6,9,13H2,1H3,(H2,22,23,27)/t15-/m0/s1. The zero-order valence-corrected chi connectivity index (χ0v) is 15.6. The van der Waals surface area contributed by atoms with E-state index in [-0.39, 0.29) is 17.9 Å². The third kappa shape index (κ3) is 4.00. The van der Waals surface area contributed by atoms with Gasteiger partial charge in [-0.05, 0) is 43.2 Å². The SMILES string of the molecule is Cn1nc(-c2ccco2)cc1NC(=O)N[C@H]1CCCN(c2cccc(F)c2)C1. The van der Waals surface area contributed by atoms with E-state index in [1.165, 1.54) is 12.1 Å². The van der Waals surface area contributed by atoms with Gasteiger partial charge >= 0.3 is 6.03 Å². The number of halogens is 1. The second kappa shape index (κ2) is 7.75. The van der Waals surface area contributed by atoms with Crippen LogP contribution in [0.2, 0.25) is 0 Å². The number of hydrogen-bond donors (Lipinski definition) is 2. The average Bonchev–Trinajstić information content (AvgIpc) is 3.32. The number of anilines is 2. The molecule has 0 unspecified atom stereocenters. The van der Waals surface area contributed by atoms with Gasteiger partial charge in [-0.15, -0.1) is 0 Å². The van der Waals surface area contributed by atoms with Gasteiger partial charge in [0, 0.05) is 37.9 Å². The smallest absolute Gasteiger partial charge is 0.320 e. The number of carbonyl (C=O) groups is 1. The van der Waals surface area contributed by atoms with Crippen molar-refractivity contribution in [3.8, 4) is 11.5 Å². The minimum atomic E-state index is -0.292. The number of aromatic nitrogens is 2. The molecule has 0 bridgehead atoms. The molecule has 1 aliphatic rings. The quantitative estimate of drug-likeness (QED) is 0.722. The summed E-state index contributed by atoms with van der Waals surface area (Å²) in [5.41, 5.74) is 1.49. The maximum absolute atomic E-state index is 13.5. The third-order valence-electron chi connectivity index (χ3n) is 4.82. The molecule has 0 aliphatic carbocycles. The van der Waals surface area contributed by atoms with Crippen molar-refractivity contribution >= 4 is 17.5 Å². The molecule has 4 rings (SSSR count). The number of aryl methyl sites for hydroxylation is 1. The van der Waals surface area contributed by atoms with Gasteiger partial charge in [0.1, 0.15) is 17.3 Å². The third-order valence-corrected chi connectivity index (χ3v) is 4.82. The van der Waals surface area contributed by atoms with Crippen LogP contribution in [0.5, 0.6) is 0 Å². The molecular formula is C20H22FN5O2. The Labute approximate surface area is 162 Å². The number of hydrogen-bond acceptors (Lipinski definition) is 4. The predicted molar refractivity (Wildman–Crippen MR) is 105 cm³/mol. The Hall–Kier alpha value is -3.29. The van der Waals surface area contributed by atoms with Crippen molar-refractivity contribution in [2.24, 2.45) is 7.05 Å². The summed E-state index contributed by atoms with van der Waals surface area (Å²) < 4.78 is 20.4. The van der Waals surface area contributed by atoms with E-state index in [0.717, 1.165) is 25.1 Å². The van der Waals surface area contributed by atoms with Crippen molar-refractivity contribution in [2.75, 3.05) is 23.3 Å². The Morgan fingerprint density at radius 3 is 2.96 bits per heavy atom. The number of rotatable bonds is 4. The summed E-state index contributed by atoms with van der Waals surface area (Å²) in [5, 5.41) is 10.2. The van der Waals surface area contributed by atoms with Crippen LogP contribution in [0.4, 0.5) is 20.7 Å². The van der Waals surface area contributed by atoms with Crippen LogP contribution in [-0.4, -0.2) is 34.9 Å². The molecule has 0 saturated carbocycles. The number of urea groups is 1. The highest BCUT2D eigenvalue weighted by molar-refractivity contribution is 5.89. The second-order valence-corrected chi connectivity index (χ2v) is 6.88. The largest absolute Gasteiger partial charge is 0.463 e. The fourth-order valence-electron chi connectivity index (χ4n) is 3.47. The summed E-state index contributed by atoms with van der Waals surface area (Å²) in [6, 6.07) is 11.6. The van der Waals surface area contributed by atoms with Gasteiger partial charge in [0.05, 0.1) is 6.26 Å². The molecule has 1 aromatic carbocycles. The minimum Gasteiger partial charge on any atom is -0.463 e. The molecule has 146 valence electrons. The molecule has 1 aliphatic heterocycles. The molecular weight excluding hydrogens is 361 g/mol. The first kappa shape index (κ1) is 18.1. The van der Waals surface area contributed by atoms with Crippen molar-refractivity contribution in [1.82, 2.24) is 15.1 Å². The van der Waals surface area contributed by atoms with E-state index in [9.17, 15) is 9.18 Å². The number of benzene rings is 1. The molecule has 0 spiro atoms. The number of nitrogens with one attached hydrogen (secondary N) is 2. The molecule has 2 N–H and O–H groups in total. The van der Waals surface area contributed by atoms with Crippen LogP contribution < -0.4 is 15.5 Å². The van der Waals surface area contributed by atoms with Crippen LogP contribution in [0.3, 0.4) is 0 Å². The van der Waals surface area contributed by atoms with Gasteiger partial charge in [0.2, 0.25) is 0 Å². The molecule has 1 fully saturated rings. The van der Waals surface area contributed by atoms with E-state index >= 15 is 0 Å². The highest BCUT2D eigenvalue weighted by Crippen LogP contribution is 2.22. The maximum atomic E-state index is 13.5. The Morgan fingerprint density at radius 2 is 2.18 bits per heavy atom. The topological polar surface area (TPSA) is 75.3 Å². The van der Waals surface area contributed by atoms with E-state index < -0.39 is 0 Å². The van der Waals surface area contributed by atoms with Crippen molar-refractivity contribution in [2.45, 2.75) is 18.9 Å².